The minimum Gasteiger partial charge on any atom is -0.469 e. The van der Waals surface area contributed by atoms with Crippen LogP contribution in [0.2, 0.25) is 0 Å². The van der Waals surface area contributed by atoms with E-state index in [9.17, 15) is 9.59 Å². The van der Waals surface area contributed by atoms with E-state index < -0.39 is 0 Å². The Morgan fingerprint density at radius 3 is 2.86 bits per heavy atom. The van der Waals surface area contributed by atoms with E-state index in [1.54, 1.807) is 0 Å². The maximum atomic E-state index is 10.7. The molecule has 0 radical (unpaired) electrons. The van der Waals surface area contributed by atoms with E-state index in [-0.39, 0.29) is 18.2 Å². The molecule has 0 spiro atoms. The van der Waals surface area contributed by atoms with Crippen LogP contribution < -0.4 is 0 Å². The minimum atomic E-state index is -0.208. The van der Waals surface area contributed by atoms with Crippen molar-refractivity contribution in [3.8, 4) is 0 Å². The monoisotopic (exact) mass is 198 g/mol. The van der Waals surface area contributed by atoms with Gasteiger partial charge in [-0.05, 0) is 12.8 Å². The van der Waals surface area contributed by atoms with Gasteiger partial charge >= 0.3 is 5.97 Å². The molecule has 0 amide bonds. The molecule has 0 aromatic rings. The van der Waals surface area contributed by atoms with Gasteiger partial charge in [-0.15, -0.1) is 0 Å². The van der Waals surface area contributed by atoms with Crippen LogP contribution in [0.4, 0.5) is 0 Å². The Bertz CT molecular complexity index is 234. The van der Waals surface area contributed by atoms with Crippen molar-refractivity contribution in [2.45, 2.75) is 31.5 Å². The fourth-order valence-electron chi connectivity index (χ4n) is 1.12. The highest BCUT2D eigenvalue weighted by atomic mass is 16.6. The van der Waals surface area contributed by atoms with Crippen LogP contribution in [0.25, 0.3) is 0 Å². The molecule has 0 saturated carbocycles. The molecule has 14 heavy (non-hydrogen) atoms. The fourth-order valence-corrected chi connectivity index (χ4v) is 1.12. The Morgan fingerprint density at radius 1 is 1.50 bits per heavy atom. The quantitative estimate of drug-likeness (QED) is 0.275. The van der Waals surface area contributed by atoms with Crippen LogP contribution in [-0.4, -0.2) is 31.6 Å². The third-order valence-electron chi connectivity index (χ3n) is 2.03. The first-order valence-electron chi connectivity index (χ1n) is 4.60. The SMILES string of the molecule is COC(=O)CC/C=C\CC1OC1C=O. The van der Waals surface area contributed by atoms with E-state index in [4.69, 9.17) is 4.74 Å². The smallest absolute Gasteiger partial charge is 0.305 e. The third kappa shape index (κ3) is 3.70. The van der Waals surface area contributed by atoms with Gasteiger partial charge in [0.15, 0.2) is 6.29 Å². The minimum absolute atomic E-state index is 0.0573. The number of carbonyl (C=O) groups is 2. The van der Waals surface area contributed by atoms with Crippen molar-refractivity contribution in [2.24, 2.45) is 0 Å². The van der Waals surface area contributed by atoms with Crippen molar-refractivity contribution in [1.82, 2.24) is 0 Å². The molecule has 0 bridgehead atoms. The number of methoxy groups -OCH3 is 1. The largest absolute Gasteiger partial charge is 0.469 e. The number of epoxide rings is 1. The molecule has 4 nitrogen and oxygen atoms in total. The van der Waals surface area contributed by atoms with Crippen molar-refractivity contribution >= 4 is 12.3 Å². The molecule has 1 fully saturated rings. The molecule has 1 heterocycles. The van der Waals surface area contributed by atoms with Crippen LogP contribution in [0.15, 0.2) is 12.2 Å². The summed E-state index contributed by atoms with van der Waals surface area (Å²) in [4.78, 5) is 20.9. The van der Waals surface area contributed by atoms with Crippen molar-refractivity contribution in [3.05, 3.63) is 12.2 Å². The van der Waals surface area contributed by atoms with Crippen molar-refractivity contribution in [3.63, 3.8) is 0 Å². The number of carbonyl (C=O) groups excluding carboxylic acids is 2. The molecular weight excluding hydrogens is 184 g/mol. The molecule has 0 aliphatic carbocycles. The van der Waals surface area contributed by atoms with E-state index in [2.05, 4.69) is 4.74 Å². The summed E-state index contributed by atoms with van der Waals surface area (Å²) >= 11 is 0. The summed E-state index contributed by atoms with van der Waals surface area (Å²) in [6.07, 6.45) is 6.30. The van der Waals surface area contributed by atoms with Gasteiger partial charge in [0.1, 0.15) is 6.10 Å². The number of esters is 1. The standard InChI is InChI=1S/C10H14O4/c1-13-10(12)6-4-2-3-5-8-9(7-11)14-8/h2-3,7-9H,4-6H2,1H3/b3-2-. The van der Waals surface area contributed by atoms with Crippen molar-refractivity contribution in [1.29, 1.82) is 0 Å². The second kappa shape index (κ2) is 5.54. The number of hydrogen-bond donors (Lipinski definition) is 0. The van der Waals surface area contributed by atoms with Gasteiger partial charge in [0.2, 0.25) is 0 Å². The summed E-state index contributed by atoms with van der Waals surface area (Å²) in [5, 5.41) is 0. The molecule has 0 aromatic heterocycles. The predicted molar refractivity (Wildman–Crippen MR) is 49.7 cm³/mol. The first-order chi connectivity index (χ1) is 6.77. The third-order valence-corrected chi connectivity index (χ3v) is 2.03. The predicted octanol–water partition coefficient (Wildman–Crippen LogP) is 0.852. The molecule has 1 saturated heterocycles. The second-order valence-corrected chi connectivity index (χ2v) is 3.10. The average molecular weight is 198 g/mol. The van der Waals surface area contributed by atoms with Gasteiger partial charge in [-0.25, -0.2) is 0 Å². The normalized spacial score (nSPS) is 24.9. The summed E-state index contributed by atoms with van der Waals surface area (Å²) in [6, 6.07) is 0. The molecule has 0 N–H and O–H groups in total. The highest BCUT2D eigenvalue weighted by Gasteiger charge is 2.36. The zero-order valence-electron chi connectivity index (χ0n) is 8.14. The lowest BCUT2D eigenvalue weighted by molar-refractivity contribution is -0.140. The van der Waals surface area contributed by atoms with Crippen molar-refractivity contribution in [2.75, 3.05) is 7.11 Å². The Hall–Kier alpha value is -1.16. The maximum absolute atomic E-state index is 10.7. The zero-order chi connectivity index (χ0) is 10.4. The molecule has 1 aliphatic heterocycles. The average Bonchev–Trinajstić information content (AvgIpc) is 2.95. The number of ether oxygens (including phenoxy) is 2. The van der Waals surface area contributed by atoms with Gasteiger partial charge in [-0.3, -0.25) is 4.79 Å². The summed E-state index contributed by atoms with van der Waals surface area (Å²) in [6.45, 7) is 0. The topological polar surface area (TPSA) is 55.9 Å². The highest BCUT2D eigenvalue weighted by Crippen LogP contribution is 2.23. The van der Waals surface area contributed by atoms with Crippen LogP contribution in [-0.2, 0) is 19.1 Å². The molecule has 78 valence electrons. The lowest BCUT2D eigenvalue weighted by Crippen LogP contribution is -1.98. The number of allylic oxidation sites excluding steroid dienone is 1. The molecular formula is C10H14O4. The maximum Gasteiger partial charge on any atom is 0.305 e. The van der Waals surface area contributed by atoms with Crippen LogP contribution in [0.5, 0.6) is 0 Å². The van der Waals surface area contributed by atoms with Crippen molar-refractivity contribution < 1.29 is 19.1 Å². The molecule has 2 atom stereocenters. The van der Waals surface area contributed by atoms with E-state index in [0.717, 1.165) is 12.7 Å². The van der Waals surface area contributed by atoms with Gasteiger partial charge < -0.3 is 14.3 Å². The first kappa shape index (κ1) is 10.9. The fraction of sp³-hybridized carbons (Fsp3) is 0.600. The van der Waals surface area contributed by atoms with Crippen LogP contribution in [0, 0.1) is 0 Å². The van der Waals surface area contributed by atoms with Gasteiger partial charge in [-0.1, -0.05) is 12.2 Å². The highest BCUT2D eigenvalue weighted by molar-refractivity contribution is 5.69. The van der Waals surface area contributed by atoms with Gasteiger partial charge in [-0.2, -0.15) is 0 Å². The molecule has 1 rings (SSSR count). The summed E-state index contributed by atoms with van der Waals surface area (Å²) in [5.74, 6) is -0.205. The number of hydrogen-bond acceptors (Lipinski definition) is 4. The Balaban J connectivity index is 1.99. The van der Waals surface area contributed by atoms with Gasteiger partial charge in [0.25, 0.3) is 0 Å². The van der Waals surface area contributed by atoms with E-state index in [1.807, 2.05) is 12.2 Å². The van der Waals surface area contributed by atoms with Gasteiger partial charge in [0.05, 0.1) is 13.2 Å². The van der Waals surface area contributed by atoms with Crippen LogP contribution in [0.1, 0.15) is 19.3 Å². The molecule has 4 heteroatoms. The van der Waals surface area contributed by atoms with Crippen LogP contribution >= 0.6 is 0 Å². The lowest BCUT2D eigenvalue weighted by atomic mass is 10.2. The Labute approximate surface area is 82.9 Å². The first-order valence-corrected chi connectivity index (χ1v) is 4.60. The Morgan fingerprint density at radius 2 is 2.29 bits per heavy atom. The van der Waals surface area contributed by atoms with Gasteiger partial charge in [0, 0.05) is 6.42 Å². The number of rotatable bonds is 6. The summed E-state index contributed by atoms with van der Waals surface area (Å²) < 4.78 is 9.48. The molecule has 1 aliphatic rings. The Kier molecular flexibility index (Phi) is 4.32. The zero-order valence-corrected chi connectivity index (χ0v) is 8.14. The van der Waals surface area contributed by atoms with Crippen LogP contribution in [0.3, 0.4) is 0 Å². The molecule has 2 unspecified atom stereocenters. The van der Waals surface area contributed by atoms with E-state index in [1.165, 1.54) is 7.11 Å². The summed E-state index contributed by atoms with van der Waals surface area (Å²) in [7, 11) is 1.37. The van der Waals surface area contributed by atoms with E-state index >= 15 is 0 Å². The lowest BCUT2D eigenvalue weighted by Gasteiger charge is -1.93. The molecule has 0 aromatic carbocycles. The second-order valence-electron chi connectivity index (χ2n) is 3.10. The van der Waals surface area contributed by atoms with E-state index in [0.29, 0.717) is 12.8 Å². The number of aldehydes is 1. The summed E-state index contributed by atoms with van der Waals surface area (Å²) in [5.41, 5.74) is 0.